The van der Waals surface area contributed by atoms with Crippen molar-refractivity contribution < 1.29 is 24.8 Å². The highest BCUT2D eigenvalue weighted by atomic mass is 16.7. The molecule has 0 aliphatic carbocycles. The Kier molecular flexibility index (Phi) is 9.52. The molecule has 0 aliphatic heterocycles. The number of carbonyl (C=O) groups is 1. The first-order valence-electron chi connectivity index (χ1n) is 8.49. The largest absolute Gasteiger partial charge is 0.476 e. The Labute approximate surface area is 167 Å². The Bertz CT molecular complexity index is 974. The van der Waals surface area contributed by atoms with Crippen molar-refractivity contribution >= 4 is 5.97 Å². The average Bonchev–Trinajstić information content (AvgIpc) is 3.44. The highest BCUT2D eigenvalue weighted by Gasteiger charge is 2.07. The number of carboxylic acids is 1. The summed E-state index contributed by atoms with van der Waals surface area (Å²) >= 11 is 0. The number of nitrogens with zero attached hydrogens (tertiary/aromatic N) is 5. The van der Waals surface area contributed by atoms with E-state index in [9.17, 15) is 4.79 Å². The van der Waals surface area contributed by atoms with Gasteiger partial charge in [-0.2, -0.15) is 24.7 Å². The van der Waals surface area contributed by atoms with E-state index in [1.54, 1.807) is 49.7 Å². The molecule has 0 saturated carbocycles. The van der Waals surface area contributed by atoms with Crippen molar-refractivity contribution in [2.75, 3.05) is 13.2 Å². The van der Waals surface area contributed by atoms with Crippen molar-refractivity contribution in [3.63, 3.8) is 0 Å². The molecule has 0 saturated heterocycles. The van der Waals surface area contributed by atoms with E-state index < -0.39 is 5.97 Å². The minimum atomic E-state index is -0.983. The van der Waals surface area contributed by atoms with Crippen molar-refractivity contribution in [3.05, 3.63) is 72.1 Å². The number of aromatic nitrogens is 3. The van der Waals surface area contributed by atoms with Crippen LogP contribution in [0.3, 0.4) is 0 Å². The maximum atomic E-state index is 10.5. The normalized spacial score (nSPS) is 8.97. The molecule has 0 unspecified atom stereocenters. The van der Waals surface area contributed by atoms with Gasteiger partial charge in [0.1, 0.15) is 25.4 Å². The molecule has 3 heterocycles. The van der Waals surface area contributed by atoms with Crippen LogP contribution >= 0.6 is 0 Å². The summed E-state index contributed by atoms with van der Waals surface area (Å²) < 4.78 is 3.47. The minimum absolute atomic E-state index is 0.145. The van der Waals surface area contributed by atoms with Gasteiger partial charge in [0.2, 0.25) is 0 Å². The summed E-state index contributed by atoms with van der Waals surface area (Å²) in [6.45, 7) is 4.70. The van der Waals surface area contributed by atoms with Gasteiger partial charge >= 0.3 is 5.97 Å². The molecular weight excluding hydrogens is 378 g/mol. The third-order valence-electron chi connectivity index (χ3n) is 3.14. The Morgan fingerprint density at radius 1 is 0.931 bits per heavy atom. The molecule has 0 aromatic carbocycles. The second-order valence-electron chi connectivity index (χ2n) is 5.04. The second kappa shape index (κ2) is 12.1. The van der Waals surface area contributed by atoms with Crippen LogP contribution in [-0.2, 0) is 0 Å². The predicted octanol–water partition coefficient (Wildman–Crippen LogP) is 2.04. The molecule has 0 aliphatic rings. The van der Waals surface area contributed by atoms with E-state index in [1.807, 2.05) is 13.0 Å². The molecule has 10 heteroatoms. The van der Waals surface area contributed by atoms with Crippen LogP contribution in [0.5, 0.6) is 0 Å². The molecule has 3 aromatic rings. The molecule has 3 rings (SSSR count). The zero-order valence-corrected chi connectivity index (χ0v) is 16.0. The molecular formula is C19H21N5O5. The van der Waals surface area contributed by atoms with Gasteiger partial charge < -0.3 is 20.0 Å². The number of hydrogen-bond acceptors (Lipinski definition) is 6. The molecule has 3 aromatic heterocycles. The van der Waals surface area contributed by atoms with E-state index in [0.29, 0.717) is 18.9 Å². The van der Waals surface area contributed by atoms with Crippen molar-refractivity contribution in [1.29, 1.82) is 10.5 Å². The van der Waals surface area contributed by atoms with Gasteiger partial charge in [-0.1, -0.05) is 0 Å². The van der Waals surface area contributed by atoms with Crippen LogP contribution in [0.2, 0.25) is 0 Å². The molecule has 0 spiro atoms. The smallest absolute Gasteiger partial charge is 0.355 e. The van der Waals surface area contributed by atoms with E-state index in [2.05, 4.69) is 0 Å². The van der Waals surface area contributed by atoms with Gasteiger partial charge in [-0.05, 0) is 50.2 Å². The first-order chi connectivity index (χ1) is 14.0. The van der Waals surface area contributed by atoms with Crippen molar-refractivity contribution in [1.82, 2.24) is 14.2 Å². The highest BCUT2D eigenvalue weighted by Crippen LogP contribution is 1.99. The predicted molar refractivity (Wildman–Crippen MR) is 101 cm³/mol. The van der Waals surface area contributed by atoms with Gasteiger partial charge in [0, 0.05) is 18.6 Å². The molecule has 0 fully saturated rings. The maximum absolute atomic E-state index is 10.5. The van der Waals surface area contributed by atoms with Crippen molar-refractivity contribution in [3.8, 4) is 12.1 Å². The first-order valence-corrected chi connectivity index (χ1v) is 8.49. The van der Waals surface area contributed by atoms with Gasteiger partial charge in [0.05, 0.1) is 0 Å². The minimum Gasteiger partial charge on any atom is -0.476 e. The van der Waals surface area contributed by atoms with Crippen LogP contribution < -0.4 is 9.68 Å². The maximum Gasteiger partial charge on any atom is 0.355 e. The SMILES string of the molecule is CCOn1cccc1C#N.CCOn1cccc1C(=O)O.N#Cc1cccn1O. The lowest BCUT2D eigenvalue weighted by molar-refractivity contribution is 0.0608. The van der Waals surface area contributed by atoms with Gasteiger partial charge in [0.15, 0.2) is 17.1 Å². The van der Waals surface area contributed by atoms with Crippen LogP contribution in [0.15, 0.2) is 55.0 Å². The Morgan fingerprint density at radius 3 is 1.93 bits per heavy atom. The summed E-state index contributed by atoms with van der Waals surface area (Å²) in [7, 11) is 0. The molecule has 2 N–H and O–H groups in total. The second-order valence-corrected chi connectivity index (χ2v) is 5.04. The van der Waals surface area contributed by atoms with E-state index in [1.165, 1.54) is 27.8 Å². The van der Waals surface area contributed by atoms with Gasteiger partial charge in [-0.15, -0.1) is 0 Å². The van der Waals surface area contributed by atoms with Crippen LogP contribution in [0.4, 0.5) is 0 Å². The molecule has 152 valence electrons. The van der Waals surface area contributed by atoms with Gasteiger partial charge in [0.25, 0.3) is 0 Å². The molecule has 0 atom stereocenters. The number of carboxylic acid groups (broad SMARTS) is 1. The lowest BCUT2D eigenvalue weighted by Gasteiger charge is -2.04. The third-order valence-corrected chi connectivity index (χ3v) is 3.14. The molecule has 0 radical (unpaired) electrons. The van der Waals surface area contributed by atoms with E-state index in [0.717, 1.165) is 4.73 Å². The van der Waals surface area contributed by atoms with Crippen LogP contribution in [0.25, 0.3) is 0 Å². The van der Waals surface area contributed by atoms with Crippen LogP contribution in [0, 0.1) is 22.7 Å². The molecule has 29 heavy (non-hydrogen) atoms. The fraction of sp³-hybridized carbons (Fsp3) is 0.211. The number of aromatic carboxylic acids is 1. The third kappa shape index (κ3) is 7.07. The summed E-state index contributed by atoms with van der Waals surface area (Å²) in [6, 6.07) is 13.5. The Morgan fingerprint density at radius 2 is 1.45 bits per heavy atom. The van der Waals surface area contributed by atoms with Crippen LogP contribution in [-0.4, -0.2) is 43.7 Å². The van der Waals surface area contributed by atoms with Crippen molar-refractivity contribution in [2.45, 2.75) is 13.8 Å². The van der Waals surface area contributed by atoms with Crippen LogP contribution in [0.1, 0.15) is 35.7 Å². The van der Waals surface area contributed by atoms with Crippen molar-refractivity contribution in [2.24, 2.45) is 0 Å². The lowest BCUT2D eigenvalue weighted by atomic mass is 10.4. The van der Waals surface area contributed by atoms with Gasteiger partial charge in [-0.3, -0.25) is 0 Å². The fourth-order valence-corrected chi connectivity index (χ4v) is 1.95. The monoisotopic (exact) mass is 399 g/mol. The average molecular weight is 399 g/mol. The zero-order chi connectivity index (χ0) is 21.6. The first kappa shape index (κ1) is 22.7. The Balaban J connectivity index is 0.000000220. The number of hydrogen-bond donors (Lipinski definition) is 2. The van der Waals surface area contributed by atoms with E-state index >= 15 is 0 Å². The standard InChI is InChI=1S/C7H8N2O.C7H9NO3.C5H4N2O/c1-2-10-9-5-3-4-7(9)6-8;1-2-11-8-5-3-4-6(8)7(9)10;6-4-5-2-1-3-7(5)8/h3-5H,2H2,1H3;3-5H,2H2,1H3,(H,9,10);1-3,8H. The van der Waals surface area contributed by atoms with E-state index in [4.69, 9.17) is 30.5 Å². The summed E-state index contributed by atoms with van der Waals surface area (Å²) in [5.41, 5.74) is 0.929. The quantitative estimate of drug-likeness (QED) is 0.626. The molecule has 0 bridgehead atoms. The summed E-state index contributed by atoms with van der Waals surface area (Å²) in [4.78, 5) is 20.5. The number of nitriles is 2. The highest BCUT2D eigenvalue weighted by molar-refractivity contribution is 5.85. The molecule has 0 amide bonds. The number of rotatable bonds is 5. The zero-order valence-electron chi connectivity index (χ0n) is 16.0. The van der Waals surface area contributed by atoms with Gasteiger partial charge in [-0.25, -0.2) is 4.79 Å². The summed E-state index contributed by atoms with van der Waals surface area (Å²) in [5, 5.41) is 33.9. The fourth-order valence-electron chi connectivity index (χ4n) is 1.95. The topological polar surface area (TPSA) is 138 Å². The Hall–Kier alpha value is -4.31. The molecule has 10 nitrogen and oxygen atoms in total. The summed E-state index contributed by atoms with van der Waals surface area (Å²) in [6.07, 6.45) is 4.67. The summed E-state index contributed by atoms with van der Waals surface area (Å²) in [5.74, 6) is -0.983. The lowest BCUT2D eigenvalue weighted by Crippen LogP contribution is -2.15. The van der Waals surface area contributed by atoms with E-state index in [-0.39, 0.29) is 11.4 Å².